The van der Waals surface area contributed by atoms with Crippen molar-refractivity contribution in [2.24, 2.45) is 0 Å². The fourth-order valence-electron chi connectivity index (χ4n) is 2.46. The van der Waals surface area contributed by atoms with Crippen LogP contribution in [0.25, 0.3) is 10.9 Å². The van der Waals surface area contributed by atoms with Gasteiger partial charge in [0.25, 0.3) is 0 Å². The molecule has 2 unspecified atom stereocenters. The lowest BCUT2D eigenvalue weighted by Crippen LogP contribution is -2.60. The van der Waals surface area contributed by atoms with Crippen molar-refractivity contribution in [2.75, 3.05) is 6.61 Å². The monoisotopic (exact) mass is 373 g/mol. The van der Waals surface area contributed by atoms with Gasteiger partial charge in [-0.3, -0.25) is 0 Å². The second-order valence-corrected chi connectivity index (χ2v) is 6.07. The molecule has 2 heterocycles. The lowest BCUT2D eigenvalue weighted by Gasteiger charge is -2.39. The van der Waals surface area contributed by atoms with Crippen LogP contribution in [0.2, 0.25) is 0 Å². The number of aliphatic hydroxyl groups is 4. The number of halogens is 1. The number of H-pyrrole nitrogens is 1. The molecule has 1 aromatic heterocycles. The molecule has 0 spiro atoms. The maximum absolute atomic E-state index is 9.98. The topological polar surface area (TPSA) is 115 Å². The van der Waals surface area contributed by atoms with Gasteiger partial charge in [0.05, 0.1) is 12.1 Å². The highest BCUT2D eigenvalue weighted by atomic mass is 79.9. The first-order valence-electron chi connectivity index (χ1n) is 6.75. The minimum Gasteiger partial charge on any atom is -0.460 e. The van der Waals surface area contributed by atoms with Gasteiger partial charge in [-0.1, -0.05) is 15.9 Å². The molecular weight excluding hydrogens is 358 g/mol. The first kappa shape index (κ1) is 15.7. The summed E-state index contributed by atoms with van der Waals surface area (Å²) in [5, 5.41) is 39.4. The highest BCUT2D eigenvalue weighted by Gasteiger charge is 2.44. The summed E-state index contributed by atoms with van der Waals surface area (Å²) < 4.78 is 11.8. The third-order valence-corrected chi connectivity index (χ3v) is 4.19. The van der Waals surface area contributed by atoms with Crippen molar-refractivity contribution >= 4 is 26.8 Å². The van der Waals surface area contributed by atoms with Gasteiger partial charge < -0.3 is 34.9 Å². The Balaban J connectivity index is 1.84. The quantitative estimate of drug-likeness (QED) is 0.521. The van der Waals surface area contributed by atoms with Gasteiger partial charge >= 0.3 is 0 Å². The van der Waals surface area contributed by atoms with E-state index in [9.17, 15) is 15.3 Å². The van der Waals surface area contributed by atoms with Crippen LogP contribution in [0.15, 0.2) is 28.9 Å². The van der Waals surface area contributed by atoms with Crippen LogP contribution < -0.4 is 4.74 Å². The maximum atomic E-state index is 9.98. The molecule has 1 aromatic carbocycles. The van der Waals surface area contributed by atoms with Gasteiger partial charge in [0.1, 0.15) is 30.2 Å². The molecule has 0 bridgehead atoms. The predicted molar refractivity (Wildman–Crippen MR) is 80.4 cm³/mol. The van der Waals surface area contributed by atoms with Crippen LogP contribution in [-0.4, -0.2) is 62.7 Å². The van der Waals surface area contributed by atoms with Crippen LogP contribution in [0.3, 0.4) is 0 Å². The zero-order valence-corrected chi connectivity index (χ0v) is 13.0. The minimum absolute atomic E-state index is 0.437. The molecule has 0 aliphatic carbocycles. The summed E-state index contributed by atoms with van der Waals surface area (Å²) in [6.07, 6.45) is -4.88. The van der Waals surface area contributed by atoms with Crippen molar-refractivity contribution in [1.82, 2.24) is 4.98 Å². The first-order valence-corrected chi connectivity index (χ1v) is 7.54. The number of fused-ring (bicyclic) bond motifs is 1. The number of aromatic nitrogens is 1. The molecule has 1 aliphatic rings. The van der Waals surface area contributed by atoms with Gasteiger partial charge in [0.15, 0.2) is 0 Å². The molecule has 5 atom stereocenters. The molecule has 0 radical (unpaired) electrons. The molecular formula is C14H16BrNO6. The fourth-order valence-corrected chi connectivity index (χ4v) is 2.82. The predicted octanol–water partition coefficient (Wildman–Crippen LogP) is 0.109. The van der Waals surface area contributed by atoms with Crippen molar-refractivity contribution < 1.29 is 29.9 Å². The number of aliphatic hydroxyl groups excluding tert-OH is 4. The average Bonchev–Trinajstić information content (AvgIpc) is 2.90. The molecule has 0 saturated carbocycles. The second-order valence-electron chi connectivity index (χ2n) is 5.16. The van der Waals surface area contributed by atoms with Crippen LogP contribution in [-0.2, 0) is 4.74 Å². The molecule has 8 heteroatoms. The maximum Gasteiger partial charge on any atom is 0.229 e. The summed E-state index contributed by atoms with van der Waals surface area (Å²) in [5.74, 6) is 0.437. The number of aromatic amines is 1. The van der Waals surface area contributed by atoms with Crippen LogP contribution in [0.5, 0.6) is 5.75 Å². The number of ether oxygens (including phenoxy) is 2. The zero-order chi connectivity index (χ0) is 15.9. The van der Waals surface area contributed by atoms with E-state index in [1.54, 1.807) is 6.20 Å². The van der Waals surface area contributed by atoms with Crippen molar-refractivity contribution in [3.05, 3.63) is 28.9 Å². The highest BCUT2D eigenvalue weighted by Crippen LogP contribution is 2.31. The van der Waals surface area contributed by atoms with Crippen molar-refractivity contribution in [3.63, 3.8) is 0 Å². The minimum atomic E-state index is -1.46. The van der Waals surface area contributed by atoms with Crippen LogP contribution in [0.4, 0.5) is 0 Å². The standard InChI is InChI=1S/C14H16BrNO6/c15-6-1-2-7-8(3-6)16-4-9(7)21-14-13(20)12(19)11(18)10(5-17)22-14/h1-4,10-14,16-20H,5H2/t10?,11-,12+,13?,14-/m1/s1. The van der Waals surface area contributed by atoms with Crippen LogP contribution in [0.1, 0.15) is 0 Å². The zero-order valence-electron chi connectivity index (χ0n) is 11.4. The molecule has 7 nitrogen and oxygen atoms in total. The summed E-state index contributed by atoms with van der Waals surface area (Å²) in [7, 11) is 0. The molecule has 120 valence electrons. The van der Waals surface area contributed by atoms with Gasteiger partial charge in [-0.05, 0) is 18.2 Å². The summed E-state index contributed by atoms with van der Waals surface area (Å²) in [6.45, 7) is -0.494. The van der Waals surface area contributed by atoms with E-state index in [-0.39, 0.29) is 0 Å². The Morgan fingerprint density at radius 2 is 1.95 bits per heavy atom. The van der Waals surface area contributed by atoms with E-state index in [4.69, 9.17) is 14.6 Å². The largest absolute Gasteiger partial charge is 0.460 e. The highest BCUT2D eigenvalue weighted by molar-refractivity contribution is 9.10. The van der Waals surface area contributed by atoms with Crippen molar-refractivity contribution in [3.8, 4) is 5.75 Å². The third-order valence-electron chi connectivity index (χ3n) is 3.70. The summed E-state index contributed by atoms with van der Waals surface area (Å²) in [6, 6.07) is 5.54. The summed E-state index contributed by atoms with van der Waals surface area (Å²) in [4.78, 5) is 3.03. The Kier molecular flexibility index (Phi) is 4.40. The SMILES string of the molecule is OCC1O[C@@H](Oc2c[nH]c3cc(Br)ccc23)C(O)[C@@H](O)[C@@H]1O. The lowest BCUT2D eigenvalue weighted by molar-refractivity contribution is -0.277. The Morgan fingerprint density at radius 3 is 2.68 bits per heavy atom. The van der Waals surface area contributed by atoms with Crippen LogP contribution >= 0.6 is 15.9 Å². The summed E-state index contributed by atoms with van der Waals surface area (Å²) in [5.41, 5.74) is 0.828. The number of hydrogen-bond acceptors (Lipinski definition) is 6. The Hall–Kier alpha value is -1.16. The van der Waals surface area contributed by atoms with Gasteiger partial charge in [-0.2, -0.15) is 0 Å². The van der Waals surface area contributed by atoms with Gasteiger partial charge in [0, 0.05) is 16.1 Å². The van der Waals surface area contributed by atoms with E-state index in [1.165, 1.54) is 0 Å². The molecule has 1 saturated heterocycles. The molecule has 2 aromatic rings. The van der Waals surface area contributed by atoms with Crippen molar-refractivity contribution in [1.29, 1.82) is 0 Å². The normalized spacial score (nSPS) is 32.3. The number of benzene rings is 1. The molecule has 0 amide bonds. The first-order chi connectivity index (χ1) is 10.5. The van der Waals surface area contributed by atoms with Gasteiger partial charge in [-0.25, -0.2) is 0 Å². The smallest absolute Gasteiger partial charge is 0.229 e. The van der Waals surface area contributed by atoms with E-state index in [0.717, 1.165) is 15.4 Å². The van der Waals surface area contributed by atoms with Gasteiger partial charge in [-0.15, -0.1) is 0 Å². The van der Waals surface area contributed by atoms with E-state index in [1.807, 2.05) is 18.2 Å². The van der Waals surface area contributed by atoms with E-state index in [0.29, 0.717) is 5.75 Å². The van der Waals surface area contributed by atoms with E-state index < -0.39 is 37.3 Å². The van der Waals surface area contributed by atoms with Crippen LogP contribution in [0, 0.1) is 0 Å². The number of hydrogen-bond donors (Lipinski definition) is 5. The molecule has 1 aliphatic heterocycles. The Morgan fingerprint density at radius 1 is 1.18 bits per heavy atom. The second kappa shape index (κ2) is 6.15. The van der Waals surface area contributed by atoms with Gasteiger partial charge in [0.2, 0.25) is 6.29 Å². The third kappa shape index (κ3) is 2.73. The fraction of sp³-hybridized carbons (Fsp3) is 0.429. The molecule has 1 fully saturated rings. The average molecular weight is 374 g/mol. The molecule has 3 rings (SSSR count). The van der Waals surface area contributed by atoms with E-state index in [2.05, 4.69) is 20.9 Å². The lowest BCUT2D eigenvalue weighted by atomic mass is 9.99. The summed E-state index contributed by atoms with van der Waals surface area (Å²) >= 11 is 3.37. The Labute approximate surface area is 134 Å². The number of rotatable bonds is 3. The molecule has 5 N–H and O–H groups in total. The molecule has 22 heavy (non-hydrogen) atoms. The number of nitrogens with one attached hydrogen (secondary N) is 1. The van der Waals surface area contributed by atoms with E-state index >= 15 is 0 Å². The van der Waals surface area contributed by atoms with Crippen molar-refractivity contribution in [2.45, 2.75) is 30.7 Å². The Bertz CT molecular complexity index is 660.